The van der Waals surface area contributed by atoms with Gasteiger partial charge in [-0.25, -0.2) is 4.79 Å². The van der Waals surface area contributed by atoms with Crippen LogP contribution in [0.1, 0.15) is 25.8 Å². The lowest BCUT2D eigenvalue weighted by Gasteiger charge is -2.34. The largest absolute Gasteiger partial charge is 0.497 e. The first-order valence-corrected chi connectivity index (χ1v) is 8.77. The second kappa shape index (κ2) is 8.74. The van der Waals surface area contributed by atoms with Crippen molar-refractivity contribution >= 4 is 12.0 Å². The molecule has 1 aliphatic rings. The monoisotopic (exact) mass is 348 g/mol. The number of hydrogen-bond donors (Lipinski definition) is 2. The predicted octanol–water partition coefficient (Wildman–Crippen LogP) is 2.63. The smallest absolute Gasteiger partial charge is 0.317 e. The van der Waals surface area contributed by atoms with E-state index in [1.165, 1.54) is 5.56 Å². The van der Waals surface area contributed by atoms with Crippen molar-refractivity contribution in [2.45, 2.75) is 26.7 Å². The summed E-state index contributed by atoms with van der Waals surface area (Å²) in [5, 5.41) is 12.2. The van der Waals surface area contributed by atoms with E-state index in [0.717, 1.165) is 12.2 Å². The number of hydrogen-bond acceptors (Lipinski definition) is 3. The first-order valence-electron chi connectivity index (χ1n) is 8.77. The van der Waals surface area contributed by atoms with Crippen LogP contribution < -0.4 is 10.1 Å². The summed E-state index contributed by atoms with van der Waals surface area (Å²) in [5.74, 6) is 0.0347. The molecule has 1 heterocycles. The Morgan fingerprint density at radius 1 is 1.32 bits per heavy atom. The highest BCUT2D eigenvalue weighted by atomic mass is 16.5. The molecule has 1 saturated heterocycles. The van der Waals surface area contributed by atoms with E-state index in [0.29, 0.717) is 26.1 Å². The number of nitrogens with zero attached hydrogens (tertiary/aromatic N) is 1. The summed E-state index contributed by atoms with van der Waals surface area (Å²) >= 11 is 0. The lowest BCUT2D eigenvalue weighted by atomic mass is 9.91. The van der Waals surface area contributed by atoms with Gasteiger partial charge in [-0.15, -0.1) is 0 Å². The van der Waals surface area contributed by atoms with E-state index in [4.69, 9.17) is 4.74 Å². The van der Waals surface area contributed by atoms with E-state index in [2.05, 4.69) is 12.2 Å². The minimum absolute atomic E-state index is 0.167. The zero-order chi connectivity index (χ0) is 18.4. The van der Waals surface area contributed by atoms with Gasteiger partial charge in [0, 0.05) is 19.6 Å². The summed E-state index contributed by atoms with van der Waals surface area (Å²) in [6, 6.07) is 7.75. The van der Waals surface area contributed by atoms with Gasteiger partial charge in [-0.3, -0.25) is 4.79 Å². The van der Waals surface area contributed by atoms with Crippen molar-refractivity contribution in [2.24, 2.45) is 17.8 Å². The zero-order valence-electron chi connectivity index (χ0n) is 15.2. The molecule has 0 spiro atoms. The molecule has 0 saturated carbocycles. The average Bonchev–Trinajstić information content (AvgIpc) is 2.59. The number of ether oxygens (including phenoxy) is 1. The first kappa shape index (κ1) is 19.1. The Morgan fingerprint density at radius 2 is 2.00 bits per heavy atom. The van der Waals surface area contributed by atoms with Crippen LogP contribution in [0, 0.1) is 17.8 Å². The molecule has 0 aliphatic carbocycles. The number of rotatable bonds is 6. The van der Waals surface area contributed by atoms with Gasteiger partial charge in [0.1, 0.15) is 5.75 Å². The number of urea groups is 1. The maximum atomic E-state index is 12.4. The molecule has 2 amide bonds. The quantitative estimate of drug-likeness (QED) is 0.828. The van der Waals surface area contributed by atoms with E-state index in [-0.39, 0.29) is 17.9 Å². The van der Waals surface area contributed by atoms with Gasteiger partial charge in [-0.2, -0.15) is 0 Å². The minimum Gasteiger partial charge on any atom is -0.497 e. The van der Waals surface area contributed by atoms with Gasteiger partial charge in [0.2, 0.25) is 0 Å². The van der Waals surface area contributed by atoms with Crippen molar-refractivity contribution in [3.05, 3.63) is 29.8 Å². The van der Waals surface area contributed by atoms with Crippen LogP contribution in [0.3, 0.4) is 0 Å². The summed E-state index contributed by atoms with van der Waals surface area (Å²) < 4.78 is 5.15. The number of piperidine rings is 1. The molecule has 2 N–H and O–H groups in total. The van der Waals surface area contributed by atoms with Gasteiger partial charge in [-0.1, -0.05) is 26.0 Å². The van der Waals surface area contributed by atoms with E-state index in [9.17, 15) is 14.7 Å². The lowest BCUT2D eigenvalue weighted by Crippen LogP contribution is -2.50. The number of methoxy groups -OCH3 is 1. The van der Waals surface area contributed by atoms with Crippen molar-refractivity contribution in [3.8, 4) is 5.75 Å². The van der Waals surface area contributed by atoms with Crippen LogP contribution in [0.5, 0.6) is 5.75 Å². The van der Waals surface area contributed by atoms with Gasteiger partial charge in [0.05, 0.1) is 13.0 Å². The van der Waals surface area contributed by atoms with Gasteiger partial charge >= 0.3 is 12.0 Å². The third kappa shape index (κ3) is 5.66. The Kier molecular flexibility index (Phi) is 6.67. The highest BCUT2D eigenvalue weighted by Crippen LogP contribution is 2.22. The molecule has 3 unspecified atom stereocenters. The van der Waals surface area contributed by atoms with Crippen LogP contribution in [0.15, 0.2) is 24.3 Å². The summed E-state index contributed by atoms with van der Waals surface area (Å²) in [7, 11) is 1.64. The Labute approximate surface area is 149 Å². The van der Waals surface area contributed by atoms with Crippen LogP contribution in [0.25, 0.3) is 0 Å². The van der Waals surface area contributed by atoms with E-state index in [1.807, 2.05) is 31.2 Å². The van der Waals surface area contributed by atoms with Crippen molar-refractivity contribution in [1.29, 1.82) is 0 Å². The maximum Gasteiger partial charge on any atom is 0.317 e. The number of benzene rings is 1. The lowest BCUT2D eigenvalue weighted by molar-refractivity contribution is -0.143. The highest BCUT2D eigenvalue weighted by molar-refractivity contribution is 5.76. The normalized spacial score (nSPS) is 21.5. The van der Waals surface area contributed by atoms with Crippen LogP contribution in [-0.2, 0) is 11.2 Å². The van der Waals surface area contributed by atoms with Gasteiger partial charge in [0.25, 0.3) is 0 Å². The second-order valence-corrected chi connectivity index (χ2v) is 7.12. The molecular weight excluding hydrogens is 320 g/mol. The standard InChI is InChI=1S/C19H28N2O4/c1-13(8-15-4-6-17(25-3)7-5-15)10-20-19(24)21-11-14(2)9-16(12-21)18(22)23/h4-7,13-14,16H,8-12H2,1-3H3,(H,20,24)(H,22,23). The number of aliphatic carboxylic acids is 1. The van der Waals surface area contributed by atoms with Crippen molar-refractivity contribution in [1.82, 2.24) is 10.2 Å². The van der Waals surface area contributed by atoms with Gasteiger partial charge < -0.3 is 20.1 Å². The molecule has 1 aliphatic heterocycles. The Balaban J connectivity index is 1.80. The predicted molar refractivity (Wildman–Crippen MR) is 95.7 cm³/mol. The van der Waals surface area contributed by atoms with Crippen LogP contribution in [0.2, 0.25) is 0 Å². The fourth-order valence-electron chi connectivity index (χ4n) is 3.31. The maximum absolute atomic E-state index is 12.4. The van der Waals surface area contributed by atoms with Crippen molar-refractivity contribution < 1.29 is 19.4 Å². The van der Waals surface area contributed by atoms with E-state index < -0.39 is 11.9 Å². The third-order valence-electron chi connectivity index (χ3n) is 4.64. The summed E-state index contributed by atoms with van der Waals surface area (Å²) in [6.45, 7) is 5.54. The number of nitrogens with one attached hydrogen (secondary N) is 1. The molecule has 0 aromatic heterocycles. The van der Waals surface area contributed by atoms with Gasteiger partial charge in [-0.05, 0) is 42.4 Å². The number of likely N-dealkylation sites (tertiary alicyclic amines) is 1. The number of amides is 2. The van der Waals surface area contributed by atoms with Crippen molar-refractivity contribution in [2.75, 3.05) is 26.7 Å². The molecular formula is C19H28N2O4. The SMILES string of the molecule is COc1ccc(CC(C)CNC(=O)N2CC(C)CC(C(=O)O)C2)cc1. The average molecular weight is 348 g/mol. The minimum atomic E-state index is -0.822. The summed E-state index contributed by atoms with van der Waals surface area (Å²) in [4.78, 5) is 25.2. The molecule has 1 fully saturated rings. The zero-order valence-corrected chi connectivity index (χ0v) is 15.2. The Morgan fingerprint density at radius 3 is 2.60 bits per heavy atom. The second-order valence-electron chi connectivity index (χ2n) is 7.12. The molecule has 3 atom stereocenters. The number of carbonyl (C=O) groups is 2. The number of carbonyl (C=O) groups excluding carboxylic acids is 1. The fourth-order valence-corrected chi connectivity index (χ4v) is 3.31. The van der Waals surface area contributed by atoms with E-state index in [1.54, 1.807) is 12.0 Å². The van der Waals surface area contributed by atoms with E-state index >= 15 is 0 Å². The van der Waals surface area contributed by atoms with Gasteiger partial charge in [0.15, 0.2) is 0 Å². The summed E-state index contributed by atoms with van der Waals surface area (Å²) in [6.07, 6.45) is 1.49. The van der Waals surface area contributed by atoms with Crippen LogP contribution in [0.4, 0.5) is 4.79 Å². The molecule has 138 valence electrons. The fraction of sp³-hybridized carbons (Fsp3) is 0.579. The Hall–Kier alpha value is -2.24. The number of carboxylic acid groups (broad SMARTS) is 1. The molecule has 25 heavy (non-hydrogen) atoms. The van der Waals surface area contributed by atoms with Crippen LogP contribution in [-0.4, -0.2) is 48.8 Å². The molecule has 1 aromatic rings. The topological polar surface area (TPSA) is 78.9 Å². The highest BCUT2D eigenvalue weighted by Gasteiger charge is 2.31. The number of carboxylic acids is 1. The molecule has 6 nitrogen and oxygen atoms in total. The molecule has 1 aromatic carbocycles. The molecule has 6 heteroatoms. The third-order valence-corrected chi connectivity index (χ3v) is 4.64. The van der Waals surface area contributed by atoms with Crippen molar-refractivity contribution in [3.63, 3.8) is 0 Å². The molecule has 2 rings (SSSR count). The van der Waals surface area contributed by atoms with Crippen LogP contribution >= 0.6 is 0 Å². The summed E-state index contributed by atoms with van der Waals surface area (Å²) in [5.41, 5.74) is 1.19. The Bertz CT molecular complexity index is 588. The first-order chi connectivity index (χ1) is 11.9. The molecule has 0 radical (unpaired) electrons. The molecule has 0 bridgehead atoms.